The summed E-state index contributed by atoms with van der Waals surface area (Å²) in [6, 6.07) is -0.350. The highest BCUT2D eigenvalue weighted by Gasteiger charge is 2.48. The Labute approximate surface area is 132 Å². The van der Waals surface area contributed by atoms with Gasteiger partial charge < -0.3 is 9.80 Å². The Bertz CT molecular complexity index is 400. The fraction of sp³-hybridized carbons (Fsp3) is 0.875. The van der Waals surface area contributed by atoms with Crippen LogP contribution in [0.3, 0.4) is 0 Å². The second-order valence-electron chi connectivity index (χ2n) is 6.49. The molecular formula is C16H28N2O2S. The number of fused-ring (bicyclic) bond motifs is 1. The molecule has 0 radical (unpaired) electrons. The number of piperazine rings is 1. The van der Waals surface area contributed by atoms with E-state index in [4.69, 9.17) is 0 Å². The second kappa shape index (κ2) is 7.03. The Kier molecular flexibility index (Phi) is 5.58. The molecule has 3 atom stereocenters. The first-order chi connectivity index (χ1) is 9.99. The average Bonchev–Trinajstić information content (AvgIpc) is 2.47. The summed E-state index contributed by atoms with van der Waals surface area (Å²) < 4.78 is 0. The van der Waals surface area contributed by atoms with E-state index in [9.17, 15) is 9.59 Å². The van der Waals surface area contributed by atoms with Crippen LogP contribution in [0.25, 0.3) is 0 Å². The lowest BCUT2D eigenvalue weighted by molar-refractivity contribution is -0.167. The number of piperidine rings is 1. The van der Waals surface area contributed by atoms with Crippen LogP contribution in [0, 0.1) is 5.92 Å². The molecule has 0 aliphatic carbocycles. The number of thioether (sulfide) groups is 1. The third-order valence-corrected chi connectivity index (χ3v) is 5.67. The molecule has 0 bridgehead atoms. The van der Waals surface area contributed by atoms with E-state index in [0.717, 1.165) is 37.3 Å². The van der Waals surface area contributed by atoms with Crippen molar-refractivity contribution in [3.8, 4) is 0 Å². The van der Waals surface area contributed by atoms with Crippen LogP contribution in [0.4, 0.5) is 0 Å². The monoisotopic (exact) mass is 312 g/mol. The van der Waals surface area contributed by atoms with E-state index >= 15 is 0 Å². The summed E-state index contributed by atoms with van der Waals surface area (Å²) in [5.74, 6) is 2.46. The molecule has 2 aliphatic heterocycles. The number of hydrogen-bond acceptors (Lipinski definition) is 3. The molecule has 2 fully saturated rings. The largest absolute Gasteiger partial charge is 0.329 e. The van der Waals surface area contributed by atoms with Crippen molar-refractivity contribution in [2.75, 3.05) is 18.1 Å². The summed E-state index contributed by atoms with van der Waals surface area (Å²) in [6.45, 7) is 9.06. The first kappa shape index (κ1) is 16.7. The molecule has 120 valence electrons. The fourth-order valence-corrected chi connectivity index (χ4v) is 4.25. The van der Waals surface area contributed by atoms with Gasteiger partial charge in [0, 0.05) is 18.3 Å². The number of amides is 2. The van der Waals surface area contributed by atoms with Crippen LogP contribution < -0.4 is 0 Å². The molecule has 2 saturated heterocycles. The molecule has 0 N–H and O–H groups in total. The van der Waals surface area contributed by atoms with Gasteiger partial charge in [-0.1, -0.05) is 20.8 Å². The molecule has 0 aromatic rings. The molecule has 2 amide bonds. The maximum absolute atomic E-state index is 12.9. The average molecular weight is 312 g/mol. The van der Waals surface area contributed by atoms with Gasteiger partial charge in [0.2, 0.25) is 11.8 Å². The van der Waals surface area contributed by atoms with Gasteiger partial charge >= 0.3 is 0 Å². The highest BCUT2D eigenvalue weighted by atomic mass is 32.2. The minimum atomic E-state index is -0.278. The summed E-state index contributed by atoms with van der Waals surface area (Å²) >= 11 is 1.84. The number of carbonyl (C=O) groups is 2. The zero-order valence-corrected chi connectivity index (χ0v) is 14.5. The van der Waals surface area contributed by atoms with Gasteiger partial charge in [-0.3, -0.25) is 9.59 Å². The van der Waals surface area contributed by atoms with Crippen molar-refractivity contribution in [1.82, 2.24) is 9.80 Å². The zero-order valence-electron chi connectivity index (χ0n) is 13.7. The molecule has 3 unspecified atom stereocenters. The Balaban J connectivity index is 2.26. The normalized spacial score (nSPS) is 28.0. The smallest absolute Gasteiger partial charge is 0.246 e. The van der Waals surface area contributed by atoms with Crippen LogP contribution in [0.15, 0.2) is 0 Å². The number of rotatable bonds is 5. The fourth-order valence-electron chi connectivity index (χ4n) is 3.52. The van der Waals surface area contributed by atoms with Crippen molar-refractivity contribution in [3.05, 3.63) is 0 Å². The first-order valence-corrected chi connectivity index (χ1v) is 9.34. The molecule has 2 heterocycles. The molecule has 0 aromatic heterocycles. The first-order valence-electron chi connectivity index (χ1n) is 8.19. The summed E-state index contributed by atoms with van der Waals surface area (Å²) in [5.41, 5.74) is 0. The van der Waals surface area contributed by atoms with E-state index in [1.54, 1.807) is 0 Å². The van der Waals surface area contributed by atoms with Crippen molar-refractivity contribution in [2.24, 2.45) is 5.92 Å². The number of nitrogens with zero attached hydrogens (tertiary/aromatic N) is 2. The Morgan fingerprint density at radius 2 is 1.90 bits per heavy atom. The maximum Gasteiger partial charge on any atom is 0.246 e. The van der Waals surface area contributed by atoms with Crippen molar-refractivity contribution in [1.29, 1.82) is 0 Å². The lowest BCUT2D eigenvalue weighted by Crippen LogP contribution is -2.69. The van der Waals surface area contributed by atoms with E-state index in [-0.39, 0.29) is 35.9 Å². The Morgan fingerprint density at radius 1 is 1.19 bits per heavy atom. The van der Waals surface area contributed by atoms with E-state index in [1.165, 1.54) is 0 Å². The highest BCUT2D eigenvalue weighted by Crippen LogP contribution is 2.31. The molecular weight excluding hydrogens is 284 g/mol. The van der Waals surface area contributed by atoms with Gasteiger partial charge in [0.1, 0.15) is 12.1 Å². The van der Waals surface area contributed by atoms with Gasteiger partial charge in [-0.15, -0.1) is 0 Å². The SMILES string of the molecule is CCSCC(C)N1C(=O)C2CCCCN2C(=O)C1C(C)C. The summed E-state index contributed by atoms with van der Waals surface area (Å²) in [4.78, 5) is 29.6. The van der Waals surface area contributed by atoms with Gasteiger partial charge in [0.15, 0.2) is 0 Å². The molecule has 5 heteroatoms. The second-order valence-corrected chi connectivity index (χ2v) is 7.80. The number of hydrogen-bond donors (Lipinski definition) is 0. The predicted molar refractivity (Wildman–Crippen MR) is 87.3 cm³/mol. The molecule has 2 aliphatic rings. The Morgan fingerprint density at radius 3 is 2.52 bits per heavy atom. The molecule has 21 heavy (non-hydrogen) atoms. The quantitative estimate of drug-likeness (QED) is 0.782. The van der Waals surface area contributed by atoms with Crippen molar-refractivity contribution in [2.45, 2.75) is 65.1 Å². The minimum Gasteiger partial charge on any atom is -0.329 e. The topological polar surface area (TPSA) is 40.6 Å². The van der Waals surface area contributed by atoms with Crippen molar-refractivity contribution >= 4 is 23.6 Å². The summed E-state index contributed by atoms with van der Waals surface area (Å²) in [5, 5.41) is 0. The standard InChI is InChI=1S/C16H28N2O2S/c1-5-21-10-12(4)18-14(11(2)3)16(20)17-9-7-6-8-13(17)15(18)19/h11-14H,5-10H2,1-4H3. The van der Waals surface area contributed by atoms with Gasteiger partial charge in [-0.2, -0.15) is 11.8 Å². The summed E-state index contributed by atoms with van der Waals surface area (Å²) in [7, 11) is 0. The van der Waals surface area contributed by atoms with E-state index in [1.807, 2.05) is 35.4 Å². The summed E-state index contributed by atoms with van der Waals surface area (Å²) in [6.07, 6.45) is 2.92. The zero-order chi connectivity index (χ0) is 15.6. The molecule has 0 spiro atoms. The van der Waals surface area contributed by atoms with Gasteiger partial charge in [-0.25, -0.2) is 0 Å². The third kappa shape index (κ3) is 3.22. The maximum atomic E-state index is 12.9. The minimum absolute atomic E-state index is 0.128. The van der Waals surface area contributed by atoms with Crippen LogP contribution >= 0.6 is 11.8 Å². The van der Waals surface area contributed by atoms with Crippen molar-refractivity contribution in [3.63, 3.8) is 0 Å². The number of carbonyl (C=O) groups excluding carboxylic acids is 2. The van der Waals surface area contributed by atoms with E-state index in [2.05, 4.69) is 13.8 Å². The Hall–Kier alpha value is -0.710. The molecule has 4 nitrogen and oxygen atoms in total. The van der Waals surface area contributed by atoms with Crippen LogP contribution in [-0.4, -0.2) is 57.8 Å². The lowest BCUT2D eigenvalue weighted by atomic mass is 9.90. The molecule has 0 aromatic carbocycles. The predicted octanol–water partition coefficient (Wildman–Crippen LogP) is 2.38. The van der Waals surface area contributed by atoms with Crippen LogP contribution in [-0.2, 0) is 9.59 Å². The van der Waals surface area contributed by atoms with Gasteiger partial charge in [0.05, 0.1) is 0 Å². The van der Waals surface area contributed by atoms with E-state index < -0.39 is 0 Å². The van der Waals surface area contributed by atoms with Gasteiger partial charge in [0.25, 0.3) is 0 Å². The lowest BCUT2D eigenvalue weighted by Gasteiger charge is -2.50. The van der Waals surface area contributed by atoms with Crippen LogP contribution in [0.5, 0.6) is 0 Å². The third-order valence-electron chi connectivity index (χ3n) is 4.55. The van der Waals surface area contributed by atoms with Gasteiger partial charge in [-0.05, 0) is 37.9 Å². The molecule has 0 saturated carbocycles. The van der Waals surface area contributed by atoms with Crippen LogP contribution in [0.2, 0.25) is 0 Å². The van der Waals surface area contributed by atoms with Crippen molar-refractivity contribution < 1.29 is 9.59 Å². The van der Waals surface area contributed by atoms with E-state index in [0.29, 0.717) is 0 Å². The molecule has 2 rings (SSSR count). The highest BCUT2D eigenvalue weighted by molar-refractivity contribution is 7.99. The van der Waals surface area contributed by atoms with Crippen LogP contribution in [0.1, 0.15) is 47.0 Å².